The Kier molecular flexibility index (Phi) is 4.53. The summed E-state index contributed by atoms with van der Waals surface area (Å²) in [4.78, 5) is 14.2. The molecule has 1 aliphatic rings. The number of nitrogens with zero attached hydrogens (tertiary/aromatic N) is 1. The molecule has 0 bridgehead atoms. The summed E-state index contributed by atoms with van der Waals surface area (Å²) in [6.45, 7) is -0.509. The van der Waals surface area contributed by atoms with E-state index in [2.05, 4.69) is 0 Å². The van der Waals surface area contributed by atoms with Gasteiger partial charge < -0.3 is 14.7 Å². The molecule has 0 unspecified atom stereocenters. The highest BCUT2D eigenvalue weighted by molar-refractivity contribution is 5.95. The maximum Gasteiger partial charge on any atom is 0.254 e. The molecule has 0 saturated carbocycles. The molecule has 1 aliphatic heterocycles. The zero-order chi connectivity index (χ0) is 17.2. The number of hydrogen-bond donors (Lipinski definition) is 1. The lowest BCUT2D eigenvalue weighted by molar-refractivity contribution is 0.0575. The highest BCUT2D eigenvalue weighted by Crippen LogP contribution is 2.39. The topological polar surface area (TPSA) is 49.8 Å². The molecule has 0 radical (unpaired) electrons. The number of aliphatic hydroxyl groups is 1. The van der Waals surface area contributed by atoms with E-state index in [0.29, 0.717) is 11.3 Å². The summed E-state index contributed by atoms with van der Waals surface area (Å²) < 4.78 is 20.3. The molecule has 1 amide bonds. The number of alkyl halides is 1. The zero-order valence-electron chi connectivity index (χ0n) is 13.5. The van der Waals surface area contributed by atoms with Crippen molar-refractivity contribution in [3.8, 4) is 5.75 Å². The fourth-order valence-corrected chi connectivity index (χ4v) is 3.22. The average Bonchev–Trinajstić information content (AvgIpc) is 3.00. The van der Waals surface area contributed by atoms with Crippen LogP contribution in [0.3, 0.4) is 0 Å². The number of benzene rings is 2. The minimum absolute atomic E-state index is 0.126. The van der Waals surface area contributed by atoms with Crippen LogP contribution in [0.15, 0.2) is 54.6 Å². The van der Waals surface area contributed by atoms with E-state index in [1.54, 1.807) is 24.3 Å². The molecule has 1 N–H and O–H groups in total. The van der Waals surface area contributed by atoms with Crippen molar-refractivity contribution in [3.05, 3.63) is 65.7 Å². The summed E-state index contributed by atoms with van der Waals surface area (Å²) >= 11 is 0. The second-order valence-corrected chi connectivity index (χ2v) is 6.07. The van der Waals surface area contributed by atoms with Gasteiger partial charge in [0.25, 0.3) is 5.91 Å². The van der Waals surface area contributed by atoms with Crippen LogP contribution in [0.2, 0.25) is 0 Å². The van der Waals surface area contributed by atoms with Crippen molar-refractivity contribution in [1.82, 2.24) is 4.90 Å². The Hall–Kier alpha value is -2.40. The molecule has 0 aliphatic carbocycles. The van der Waals surface area contributed by atoms with Gasteiger partial charge in [0.05, 0.1) is 20.3 Å². The van der Waals surface area contributed by atoms with Gasteiger partial charge in [0.1, 0.15) is 5.75 Å². The summed E-state index contributed by atoms with van der Waals surface area (Å²) in [5.74, 6) is -0.227. The van der Waals surface area contributed by atoms with Crippen LogP contribution in [0.5, 0.6) is 5.75 Å². The number of aliphatic hydroxyl groups excluding tert-OH is 1. The van der Waals surface area contributed by atoms with Gasteiger partial charge in [-0.05, 0) is 23.8 Å². The molecular formula is C19H20FNO3. The number of amides is 1. The van der Waals surface area contributed by atoms with E-state index in [1.165, 1.54) is 12.0 Å². The molecular weight excluding hydrogens is 309 g/mol. The van der Waals surface area contributed by atoms with E-state index in [9.17, 15) is 9.90 Å². The quantitative estimate of drug-likeness (QED) is 0.938. The van der Waals surface area contributed by atoms with Crippen LogP contribution in [0.1, 0.15) is 21.8 Å². The van der Waals surface area contributed by atoms with Crippen molar-refractivity contribution in [3.63, 3.8) is 0 Å². The maximum atomic E-state index is 15.2. The molecule has 1 heterocycles. The third-order valence-electron chi connectivity index (χ3n) is 4.55. The summed E-state index contributed by atoms with van der Waals surface area (Å²) in [6.07, 6.45) is 0. The fraction of sp³-hybridized carbons (Fsp3) is 0.316. The molecule has 1 saturated heterocycles. The van der Waals surface area contributed by atoms with E-state index in [4.69, 9.17) is 4.74 Å². The maximum absolute atomic E-state index is 15.2. The Morgan fingerprint density at radius 3 is 2.71 bits per heavy atom. The van der Waals surface area contributed by atoms with Gasteiger partial charge in [0.2, 0.25) is 0 Å². The fourth-order valence-electron chi connectivity index (χ4n) is 3.22. The van der Waals surface area contributed by atoms with E-state index < -0.39 is 18.2 Å². The number of carbonyl (C=O) groups is 1. The largest absolute Gasteiger partial charge is 0.497 e. The number of rotatable bonds is 4. The Morgan fingerprint density at radius 1 is 1.29 bits per heavy atom. The molecule has 0 spiro atoms. The first-order chi connectivity index (χ1) is 11.6. The second kappa shape index (κ2) is 6.61. The molecule has 2 aromatic carbocycles. The second-order valence-electron chi connectivity index (χ2n) is 6.07. The van der Waals surface area contributed by atoms with Gasteiger partial charge in [0.15, 0.2) is 5.67 Å². The van der Waals surface area contributed by atoms with Crippen molar-refractivity contribution < 1.29 is 19.0 Å². The molecule has 24 heavy (non-hydrogen) atoms. The summed E-state index contributed by atoms with van der Waals surface area (Å²) in [5.41, 5.74) is -0.603. The van der Waals surface area contributed by atoms with Crippen molar-refractivity contribution in [1.29, 1.82) is 0 Å². The first kappa shape index (κ1) is 16.5. The highest BCUT2D eigenvalue weighted by Gasteiger charge is 2.49. The molecule has 3 rings (SSSR count). The SMILES string of the molecule is COc1cccc(C(=O)N2C[C@@H](c3ccccc3)[C@](F)(CO)C2)c1. The van der Waals surface area contributed by atoms with E-state index in [-0.39, 0.29) is 19.0 Å². The van der Waals surface area contributed by atoms with E-state index >= 15 is 4.39 Å². The third-order valence-corrected chi connectivity index (χ3v) is 4.55. The highest BCUT2D eigenvalue weighted by atomic mass is 19.1. The molecule has 126 valence electrons. The van der Waals surface area contributed by atoms with Gasteiger partial charge in [-0.15, -0.1) is 0 Å². The third kappa shape index (κ3) is 2.99. The molecule has 5 heteroatoms. The Balaban J connectivity index is 1.86. The average molecular weight is 329 g/mol. The number of hydrogen-bond acceptors (Lipinski definition) is 3. The predicted molar refractivity (Wildman–Crippen MR) is 89.0 cm³/mol. The molecule has 2 atom stereocenters. The van der Waals surface area contributed by atoms with Crippen LogP contribution in [0.4, 0.5) is 4.39 Å². The molecule has 4 nitrogen and oxygen atoms in total. The van der Waals surface area contributed by atoms with Gasteiger partial charge in [-0.3, -0.25) is 4.79 Å². The van der Waals surface area contributed by atoms with Crippen LogP contribution in [0.25, 0.3) is 0 Å². The van der Waals surface area contributed by atoms with Crippen molar-refractivity contribution in [2.45, 2.75) is 11.6 Å². The minimum atomic E-state index is -1.84. The molecule has 1 fully saturated rings. The number of ether oxygens (including phenoxy) is 1. The summed E-state index contributed by atoms with van der Waals surface area (Å²) in [5, 5.41) is 9.58. The first-order valence-electron chi connectivity index (χ1n) is 7.85. The predicted octanol–water partition coefficient (Wildman–Crippen LogP) is 2.64. The van der Waals surface area contributed by atoms with Crippen LogP contribution >= 0.6 is 0 Å². The number of carbonyl (C=O) groups excluding carboxylic acids is 1. The van der Waals surface area contributed by atoms with Crippen LogP contribution < -0.4 is 4.74 Å². The van der Waals surface area contributed by atoms with E-state index in [1.807, 2.05) is 30.3 Å². The summed E-state index contributed by atoms with van der Waals surface area (Å²) in [6, 6.07) is 16.0. The molecule has 0 aromatic heterocycles. The van der Waals surface area contributed by atoms with Crippen LogP contribution in [-0.2, 0) is 0 Å². The Morgan fingerprint density at radius 2 is 2.04 bits per heavy atom. The van der Waals surface area contributed by atoms with Crippen LogP contribution in [0, 0.1) is 0 Å². The smallest absolute Gasteiger partial charge is 0.254 e. The van der Waals surface area contributed by atoms with E-state index in [0.717, 1.165) is 5.56 Å². The Labute approximate surface area is 140 Å². The van der Waals surface area contributed by atoms with Gasteiger partial charge in [0, 0.05) is 18.0 Å². The van der Waals surface area contributed by atoms with Gasteiger partial charge in [-0.2, -0.15) is 0 Å². The van der Waals surface area contributed by atoms with Gasteiger partial charge in [-0.1, -0.05) is 36.4 Å². The van der Waals surface area contributed by atoms with Crippen molar-refractivity contribution >= 4 is 5.91 Å². The van der Waals surface area contributed by atoms with Crippen LogP contribution in [-0.4, -0.2) is 48.4 Å². The normalized spacial score (nSPS) is 23.3. The monoisotopic (exact) mass is 329 g/mol. The lowest BCUT2D eigenvalue weighted by Crippen LogP contribution is -2.37. The van der Waals surface area contributed by atoms with Crippen molar-refractivity contribution in [2.24, 2.45) is 0 Å². The Bertz CT molecular complexity index is 722. The number of methoxy groups -OCH3 is 1. The lowest BCUT2D eigenvalue weighted by atomic mass is 9.87. The summed E-state index contributed by atoms with van der Waals surface area (Å²) in [7, 11) is 1.53. The number of halogens is 1. The lowest BCUT2D eigenvalue weighted by Gasteiger charge is -2.23. The molecule has 2 aromatic rings. The first-order valence-corrected chi connectivity index (χ1v) is 7.85. The van der Waals surface area contributed by atoms with Gasteiger partial charge >= 0.3 is 0 Å². The number of likely N-dealkylation sites (tertiary alicyclic amines) is 1. The van der Waals surface area contributed by atoms with Gasteiger partial charge in [-0.25, -0.2) is 4.39 Å². The minimum Gasteiger partial charge on any atom is -0.497 e. The zero-order valence-corrected chi connectivity index (χ0v) is 13.5. The standard InChI is InChI=1S/C19H20FNO3/c1-24-16-9-5-8-15(10-16)18(23)21-11-17(19(20,12-21)13-22)14-6-3-2-4-7-14/h2-10,17,22H,11-13H2,1H3/t17-,19+/m0/s1. The van der Waals surface area contributed by atoms with Crippen molar-refractivity contribution in [2.75, 3.05) is 26.8 Å².